The third-order valence-corrected chi connectivity index (χ3v) is 6.51. The fourth-order valence-corrected chi connectivity index (χ4v) is 5.73. The molecule has 3 aliphatic heterocycles. The number of anilines is 1. The monoisotopic (exact) mass is 268 g/mol. The molecule has 0 amide bonds. The van der Waals surface area contributed by atoms with Crippen LogP contribution in [0.2, 0.25) is 0 Å². The maximum absolute atomic E-state index is 3.90. The summed E-state index contributed by atoms with van der Waals surface area (Å²) in [4.78, 5) is 2.83. The maximum atomic E-state index is 3.90. The normalized spacial score (nSPS) is 42.3. The zero-order valence-corrected chi connectivity index (χ0v) is 12.1. The molecule has 20 heavy (non-hydrogen) atoms. The van der Waals surface area contributed by atoms with E-state index in [1.165, 1.54) is 50.9 Å². The van der Waals surface area contributed by atoms with Gasteiger partial charge in [-0.1, -0.05) is 31.0 Å². The zero-order chi connectivity index (χ0) is 13.1. The van der Waals surface area contributed by atoms with Gasteiger partial charge in [-0.2, -0.15) is 0 Å². The molecule has 1 aromatic rings. The fraction of sp³-hybridized carbons (Fsp3) is 0.667. The number of rotatable bonds is 0. The first-order chi connectivity index (χ1) is 9.92. The van der Waals surface area contributed by atoms with E-state index in [-0.39, 0.29) is 0 Å². The third-order valence-electron chi connectivity index (χ3n) is 6.51. The lowest BCUT2D eigenvalue weighted by atomic mass is 9.73. The van der Waals surface area contributed by atoms with Gasteiger partial charge in [0.15, 0.2) is 0 Å². The highest BCUT2D eigenvalue weighted by atomic mass is 15.2. The molecular formula is C18H24N2. The van der Waals surface area contributed by atoms with Crippen LogP contribution in [-0.2, 0) is 0 Å². The van der Waals surface area contributed by atoms with Crippen molar-refractivity contribution in [2.24, 2.45) is 11.8 Å². The average molecular weight is 268 g/mol. The molecule has 5 rings (SSSR count). The number of piperidine rings is 1. The molecule has 1 saturated carbocycles. The number of nitrogens with zero attached hydrogens (tertiary/aromatic N) is 1. The van der Waals surface area contributed by atoms with Crippen LogP contribution in [0.1, 0.15) is 43.6 Å². The molecule has 3 heterocycles. The van der Waals surface area contributed by atoms with Crippen LogP contribution in [0, 0.1) is 11.8 Å². The quantitative estimate of drug-likeness (QED) is 0.775. The first-order valence-corrected chi connectivity index (χ1v) is 8.51. The highest BCUT2D eigenvalue weighted by molar-refractivity contribution is 5.60. The van der Waals surface area contributed by atoms with Crippen molar-refractivity contribution in [3.63, 3.8) is 0 Å². The highest BCUT2D eigenvalue weighted by Crippen LogP contribution is 2.50. The number of benzene rings is 1. The number of fused-ring (bicyclic) bond motifs is 7. The molecule has 3 fully saturated rings. The Labute approximate surface area is 121 Å². The molecule has 5 atom stereocenters. The summed E-state index contributed by atoms with van der Waals surface area (Å²) in [6.07, 6.45) is 7.26. The second-order valence-corrected chi connectivity index (χ2v) is 7.35. The first-order valence-electron chi connectivity index (χ1n) is 8.51. The van der Waals surface area contributed by atoms with Gasteiger partial charge in [0.25, 0.3) is 0 Å². The molecule has 2 heteroatoms. The van der Waals surface area contributed by atoms with Gasteiger partial charge in [-0.3, -0.25) is 4.90 Å². The van der Waals surface area contributed by atoms with Crippen molar-refractivity contribution in [3.05, 3.63) is 29.8 Å². The second kappa shape index (κ2) is 4.24. The molecule has 1 aliphatic carbocycles. The minimum absolute atomic E-state index is 0.689. The van der Waals surface area contributed by atoms with Crippen molar-refractivity contribution in [1.29, 1.82) is 0 Å². The molecule has 106 valence electrons. The van der Waals surface area contributed by atoms with E-state index in [0.717, 1.165) is 23.8 Å². The molecule has 1 N–H and O–H groups in total. The SMILES string of the molecule is c1ccc2c(c1)N[C@H]1[C@@H]3[C@@H]4CCCC[C@@H]4CN3CC[C@@H]21. The van der Waals surface area contributed by atoms with Crippen LogP contribution in [0.4, 0.5) is 5.69 Å². The molecule has 0 bridgehead atoms. The fourth-order valence-electron chi connectivity index (χ4n) is 5.73. The first kappa shape index (κ1) is 11.6. The summed E-state index contributed by atoms with van der Waals surface area (Å²) < 4.78 is 0. The van der Waals surface area contributed by atoms with Crippen LogP contribution in [0.25, 0.3) is 0 Å². The smallest absolute Gasteiger partial charge is 0.0489 e. The van der Waals surface area contributed by atoms with Gasteiger partial charge < -0.3 is 5.32 Å². The van der Waals surface area contributed by atoms with Crippen LogP contribution in [-0.4, -0.2) is 30.1 Å². The molecule has 0 aromatic heterocycles. The number of hydrogen-bond acceptors (Lipinski definition) is 2. The third kappa shape index (κ3) is 1.49. The van der Waals surface area contributed by atoms with E-state index in [2.05, 4.69) is 34.5 Å². The summed E-state index contributed by atoms with van der Waals surface area (Å²) >= 11 is 0. The number of hydrogen-bond donors (Lipinski definition) is 1. The lowest BCUT2D eigenvalue weighted by molar-refractivity contribution is 0.138. The van der Waals surface area contributed by atoms with Crippen molar-refractivity contribution in [2.45, 2.75) is 50.1 Å². The van der Waals surface area contributed by atoms with E-state index < -0.39 is 0 Å². The molecule has 0 radical (unpaired) electrons. The molecule has 2 nitrogen and oxygen atoms in total. The molecule has 0 spiro atoms. The predicted octanol–water partition coefficient (Wildman–Crippen LogP) is 3.46. The Bertz CT molecular complexity index is 526. The summed E-state index contributed by atoms with van der Waals surface area (Å²) in [6.45, 7) is 2.71. The predicted molar refractivity (Wildman–Crippen MR) is 82.0 cm³/mol. The van der Waals surface area contributed by atoms with Gasteiger partial charge in [0.05, 0.1) is 0 Å². The minimum atomic E-state index is 0.689. The van der Waals surface area contributed by atoms with Crippen molar-refractivity contribution >= 4 is 5.69 Å². The van der Waals surface area contributed by atoms with Gasteiger partial charge in [-0.15, -0.1) is 0 Å². The Morgan fingerprint density at radius 3 is 2.95 bits per heavy atom. The zero-order valence-electron chi connectivity index (χ0n) is 12.1. The van der Waals surface area contributed by atoms with Gasteiger partial charge in [-0.25, -0.2) is 0 Å². The van der Waals surface area contributed by atoms with E-state index in [4.69, 9.17) is 0 Å². The Balaban J connectivity index is 1.51. The second-order valence-electron chi connectivity index (χ2n) is 7.35. The summed E-state index contributed by atoms with van der Waals surface area (Å²) in [5.74, 6) is 2.74. The average Bonchev–Trinajstić information content (AvgIpc) is 3.04. The Morgan fingerprint density at radius 1 is 1.05 bits per heavy atom. The van der Waals surface area contributed by atoms with E-state index in [9.17, 15) is 0 Å². The molecule has 4 aliphatic rings. The summed E-state index contributed by atoms with van der Waals surface area (Å²) in [5, 5.41) is 3.90. The van der Waals surface area contributed by atoms with E-state index in [1.807, 2.05) is 0 Å². The summed E-state index contributed by atoms with van der Waals surface area (Å²) in [5.41, 5.74) is 3.01. The van der Waals surface area contributed by atoms with Crippen LogP contribution in [0.5, 0.6) is 0 Å². The van der Waals surface area contributed by atoms with E-state index in [1.54, 1.807) is 5.56 Å². The van der Waals surface area contributed by atoms with Crippen molar-refractivity contribution < 1.29 is 0 Å². The number of para-hydroxylation sites is 1. The Morgan fingerprint density at radius 2 is 1.95 bits per heavy atom. The maximum Gasteiger partial charge on any atom is 0.0489 e. The lowest BCUT2D eigenvalue weighted by Crippen LogP contribution is -2.51. The van der Waals surface area contributed by atoms with Crippen LogP contribution < -0.4 is 5.32 Å². The van der Waals surface area contributed by atoms with Gasteiger partial charge in [0.2, 0.25) is 0 Å². The lowest BCUT2D eigenvalue weighted by Gasteiger charge is -2.42. The van der Waals surface area contributed by atoms with Crippen LogP contribution in [0.15, 0.2) is 24.3 Å². The Kier molecular flexibility index (Phi) is 2.46. The number of nitrogens with one attached hydrogen (secondary N) is 1. The summed E-state index contributed by atoms with van der Waals surface area (Å²) in [6, 6.07) is 10.5. The molecule has 0 unspecified atom stereocenters. The highest BCUT2D eigenvalue weighted by Gasteiger charge is 2.52. The van der Waals surface area contributed by atoms with Crippen molar-refractivity contribution in [1.82, 2.24) is 4.90 Å². The Hall–Kier alpha value is -1.02. The topological polar surface area (TPSA) is 15.3 Å². The molecular weight excluding hydrogens is 244 g/mol. The largest absolute Gasteiger partial charge is 0.380 e. The van der Waals surface area contributed by atoms with Gasteiger partial charge in [0, 0.05) is 30.2 Å². The molecule has 1 aromatic carbocycles. The van der Waals surface area contributed by atoms with E-state index >= 15 is 0 Å². The van der Waals surface area contributed by atoms with Crippen molar-refractivity contribution in [3.8, 4) is 0 Å². The standard InChI is InChI=1S/C18H24N2/c1-2-6-13-12(5-1)11-20-10-9-15-14-7-3-4-8-16(14)19-17(15)18(13)20/h3-4,7-8,12-13,15,17-19H,1-2,5-6,9-11H2/t12-,13-,15+,17-,18+/m1/s1. The summed E-state index contributed by atoms with van der Waals surface area (Å²) in [7, 11) is 0. The van der Waals surface area contributed by atoms with Crippen LogP contribution >= 0.6 is 0 Å². The van der Waals surface area contributed by atoms with Gasteiger partial charge in [0.1, 0.15) is 0 Å². The minimum Gasteiger partial charge on any atom is -0.380 e. The van der Waals surface area contributed by atoms with E-state index in [0.29, 0.717) is 6.04 Å². The van der Waals surface area contributed by atoms with Gasteiger partial charge >= 0.3 is 0 Å². The van der Waals surface area contributed by atoms with Crippen molar-refractivity contribution in [2.75, 3.05) is 18.4 Å². The van der Waals surface area contributed by atoms with Gasteiger partial charge in [-0.05, 0) is 49.3 Å². The molecule has 2 saturated heterocycles. The van der Waals surface area contributed by atoms with Crippen LogP contribution in [0.3, 0.4) is 0 Å².